The zero-order chi connectivity index (χ0) is 17.0. The number of ether oxygens (including phenoxy) is 1. The van der Waals surface area contributed by atoms with E-state index in [4.69, 9.17) is 4.74 Å². The molecular weight excluding hydrogens is 300 g/mol. The van der Waals surface area contributed by atoms with E-state index < -0.39 is 34.7 Å². The van der Waals surface area contributed by atoms with Crippen LogP contribution in [-0.2, 0) is 9.53 Å². The van der Waals surface area contributed by atoms with Crippen LogP contribution in [0.1, 0.15) is 59.3 Å². The number of rotatable bonds is 3. The van der Waals surface area contributed by atoms with Gasteiger partial charge in [0, 0.05) is 5.41 Å². The van der Waals surface area contributed by atoms with Crippen LogP contribution < -0.4 is 5.32 Å². The number of alkyl carbamates (subject to hydrolysis) is 1. The second-order valence-corrected chi connectivity index (χ2v) is 8.97. The van der Waals surface area contributed by atoms with Crippen molar-refractivity contribution in [2.24, 2.45) is 17.3 Å². The number of carboxylic acid groups (broad SMARTS) is 1. The van der Waals surface area contributed by atoms with Crippen molar-refractivity contribution >= 4 is 12.1 Å². The zero-order valence-corrected chi connectivity index (χ0v) is 14.1. The van der Waals surface area contributed by atoms with Gasteiger partial charge in [-0.1, -0.05) is 0 Å². The molecular formula is C17H27NO5. The fourth-order valence-electron chi connectivity index (χ4n) is 5.52. The van der Waals surface area contributed by atoms with Gasteiger partial charge in [0.25, 0.3) is 0 Å². The molecule has 23 heavy (non-hydrogen) atoms. The maximum Gasteiger partial charge on any atom is 0.408 e. The monoisotopic (exact) mass is 327 g/mol. The molecule has 4 saturated carbocycles. The Morgan fingerprint density at radius 3 is 2.26 bits per heavy atom. The third-order valence-corrected chi connectivity index (χ3v) is 5.60. The second kappa shape index (κ2) is 5.10. The van der Waals surface area contributed by atoms with Crippen LogP contribution in [0.4, 0.5) is 4.79 Å². The molecule has 0 spiro atoms. The van der Waals surface area contributed by atoms with Gasteiger partial charge in [0.1, 0.15) is 11.6 Å². The number of carbonyl (C=O) groups excluding carboxylic acids is 1. The van der Waals surface area contributed by atoms with Crippen LogP contribution in [0.15, 0.2) is 0 Å². The molecule has 0 aromatic carbocycles. The van der Waals surface area contributed by atoms with Gasteiger partial charge < -0.3 is 20.3 Å². The van der Waals surface area contributed by atoms with E-state index in [0.29, 0.717) is 18.3 Å². The van der Waals surface area contributed by atoms with Crippen LogP contribution in [0, 0.1) is 17.3 Å². The fourth-order valence-corrected chi connectivity index (χ4v) is 5.52. The highest BCUT2D eigenvalue weighted by Crippen LogP contribution is 2.62. The lowest BCUT2D eigenvalue weighted by Crippen LogP contribution is -2.64. The summed E-state index contributed by atoms with van der Waals surface area (Å²) in [6, 6.07) is -1.00. The SMILES string of the molecule is CC(C)(C)OC(=O)N[C@H]([14C](=O)O)C12CC3CC(CC(O)(C3)C1)C2. The van der Waals surface area contributed by atoms with Gasteiger partial charge in [-0.2, -0.15) is 0 Å². The lowest BCUT2D eigenvalue weighted by molar-refractivity contribution is -0.182. The van der Waals surface area contributed by atoms with Gasteiger partial charge in [0.05, 0.1) is 5.60 Å². The van der Waals surface area contributed by atoms with Crippen molar-refractivity contribution in [2.45, 2.75) is 76.5 Å². The van der Waals surface area contributed by atoms with E-state index >= 15 is 0 Å². The van der Waals surface area contributed by atoms with Crippen molar-refractivity contribution in [3.63, 3.8) is 0 Å². The number of carbonyl (C=O) groups is 2. The molecule has 1 amide bonds. The molecule has 4 fully saturated rings. The van der Waals surface area contributed by atoms with Crippen LogP contribution in [0.3, 0.4) is 0 Å². The summed E-state index contributed by atoms with van der Waals surface area (Å²) >= 11 is 0. The van der Waals surface area contributed by atoms with Gasteiger partial charge in [-0.15, -0.1) is 0 Å². The van der Waals surface area contributed by atoms with Crippen LogP contribution in [0.5, 0.6) is 0 Å². The Hall–Kier alpha value is -1.30. The Bertz CT molecular complexity index is 510. The first kappa shape index (κ1) is 16.6. The third-order valence-electron chi connectivity index (χ3n) is 5.60. The normalized spacial score (nSPS) is 39.8. The largest absolute Gasteiger partial charge is 0.480 e. The number of aliphatic hydroxyl groups is 1. The molecule has 4 bridgehead atoms. The summed E-state index contributed by atoms with van der Waals surface area (Å²) < 4.78 is 5.23. The number of nitrogens with one attached hydrogen (secondary N) is 1. The molecule has 0 aromatic heterocycles. The first-order valence-corrected chi connectivity index (χ1v) is 8.45. The summed E-state index contributed by atoms with van der Waals surface area (Å²) in [5, 5.41) is 23.1. The van der Waals surface area contributed by atoms with E-state index in [-0.39, 0.29) is 0 Å². The topological polar surface area (TPSA) is 95.9 Å². The van der Waals surface area contributed by atoms with E-state index in [9.17, 15) is 19.8 Å². The summed E-state index contributed by atoms with van der Waals surface area (Å²) in [5.74, 6) is -0.312. The first-order valence-electron chi connectivity index (χ1n) is 8.45. The van der Waals surface area contributed by atoms with Crippen molar-refractivity contribution in [2.75, 3.05) is 0 Å². The summed E-state index contributed by atoms with van der Waals surface area (Å²) in [6.07, 6.45) is 3.89. The molecule has 2 unspecified atom stereocenters. The molecule has 3 atom stereocenters. The number of amides is 1. The van der Waals surface area contributed by atoms with Gasteiger partial charge in [0.15, 0.2) is 0 Å². The van der Waals surface area contributed by atoms with E-state index in [1.165, 1.54) is 0 Å². The average Bonchev–Trinajstić information content (AvgIpc) is 2.29. The average molecular weight is 327 g/mol. The number of aliphatic carboxylic acids is 1. The molecule has 6 heteroatoms. The van der Waals surface area contributed by atoms with E-state index in [2.05, 4.69) is 5.32 Å². The maximum absolute atomic E-state index is 12.1. The molecule has 4 aliphatic carbocycles. The minimum Gasteiger partial charge on any atom is -0.480 e. The Morgan fingerprint density at radius 2 is 1.83 bits per heavy atom. The maximum atomic E-state index is 12.1. The van der Waals surface area contributed by atoms with Gasteiger partial charge in [-0.3, -0.25) is 0 Å². The fraction of sp³-hybridized carbons (Fsp3) is 0.882. The second-order valence-electron chi connectivity index (χ2n) is 8.97. The zero-order valence-electron chi connectivity index (χ0n) is 14.1. The van der Waals surface area contributed by atoms with Crippen LogP contribution in [0.2, 0.25) is 0 Å². The van der Waals surface area contributed by atoms with Gasteiger partial charge in [0.2, 0.25) is 0 Å². The van der Waals surface area contributed by atoms with Gasteiger partial charge in [-0.05, 0) is 71.1 Å². The molecule has 0 heterocycles. The molecule has 6 nitrogen and oxygen atoms in total. The van der Waals surface area contributed by atoms with E-state index in [1.54, 1.807) is 20.8 Å². The number of carboxylic acids is 1. The standard InChI is InChI=1S/C17H27NO5/c1-15(2,3)23-14(21)18-12(13(19)20)16-5-10-4-11(6-16)8-17(22,7-10)9-16/h10-12,22H,4-9H2,1-3H3,(H,18,21)(H,19,20)/t10?,11?,12-,16?,17?/m1/s1/i13+2. The van der Waals surface area contributed by atoms with Crippen LogP contribution in [0.25, 0.3) is 0 Å². The highest BCUT2D eigenvalue weighted by Gasteiger charge is 2.61. The predicted octanol–water partition coefficient (Wildman–Crippen LogP) is 2.30. The Balaban J connectivity index is 1.81. The Kier molecular flexibility index (Phi) is 3.67. The Morgan fingerprint density at radius 1 is 1.26 bits per heavy atom. The molecule has 3 N–H and O–H groups in total. The van der Waals surface area contributed by atoms with Gasteiger partial charge >= 0.3 is 12.1 Å². The minimum atomic E-state index is -1.04. The third kappa shape index (κ3) is 3.18. The van der Waals surface area contributed by atoms with Crippen molar-refractivity contribution < 1.29 is 24.5 Å². The van der Waals surface area contributed by atoms with Crippen molar-refractivity contribution in [1.29, 1.82) is 0 Å². The van der Waals surface area contributed by atoms with E-state index in [0.717, 1.165) is 32.1 Å². The molecule has 0 aliphatic heterocycles. The lowest BCUT2D eigenvalue weighted by atomic mass is 9.47. The van der Waals surface area contributed by atoms with Crippen LogP contribution >= 0.6 is 0 Å². The molecule has 0 aromatic rings. The number of hydrogen-bond acceptors (Lipinski definition) is 4. The summed E-state index contributed by atoms with van der Waals surface area (Å²) in [4.78, 5) is 24.0. The quantitative estimate of drug-likeness (QED) is 0.739. The Labute approximate surface area is 136 Å². The summed E-state index contributed by atoms with van der Waals surface area (Å²) in [7, 11) is 0. The predicted molar refractivity (Wildman–Crippen MR) is 82.9 cm³/mol. The molecule has 130 valence electrons. The molecule has 0 saturated heterocycles. The van der Waals surface area contributed by atoms with Crippen molar-refractivity contribution in [3.05, 3.63) is 0 Å². The molecule has 4 rings (SSSR count). The smallest absolute Gasteiger partial charge is 0.408 e. The molecule has 0 radical (unpaired) electrons. The van der Waals surface area contributed by atoms with Crippen molar-refractivity contribution in [3.8, 4) is 0 Å². The van der Waals surface area contributed by atoms with Crippen molar-refractivity contribution in [1.82, 2.24) is 5.32 Å². The highest BCUT2D eigenvalue weighted by molar-refractivity contribution is 5.81. The number of hydrogen-bond donors (Lipinski definition) is 3. The summed E-state index contributed by atoms with van der Waals surface area (Å²) in [5.41, 5.74) is -1.98. The minimum absolute atomic E-state index is 0.364. The lowest BCUT2D eigenvalue weighted by Gasteiger charge is -2.61. The summed E-state index contributed by atoms with van der Waals surface area (Å²) in [6.45, 7) is 5.24. The highest BCUT2D eigenvalue weighted by atomic mass is 16.6. The van der Waals surface area contributed by atoms with Crippen LogP contribution in [-0.4, -0.2) is 39.5 Å². The van der Waals surface area contributed by atoms with Gasteiger partial charge in [-0.25, -0.2) is 9.59 Å². The van der Waals surface area contributed by atoms with E-state index in [1.807, 2.05) is 0 Å². The molecule has 4 aliphatic rings. The first-order chi connectivity index (χ1) is 10.5.